The van der Waals surface area contributed by atoms with Gasteiger partial charge in [0.2, 0.25) is 11.7 Å². The van der Waals surface area contributed by atoms with Crippen LogP contribution in [0.1, 0.15) is 31.2 Å². The molecule has 1 aromatic heterocycles. The number of halogens is 5. The molecule has 4 rings (SSSR count). The number of likely N-dealkylation sites (tertiary alicyclic amines) is 1. The van der Waals surface area contributed by atoms with Crippen molar-refractivity contribution >= 4 is 34.8 Å². The number of terminal acetylenes is 1. The number of benzene rings is 1. The van der Waals surface area contributed by atoms with E-state index in [-0.39, 0.29) is 34.3 Å². The lowest BCUT2D eigenvalue weighted by molar-refractivity contribution is -0.137. The van der Waals surface area contributed by atoms with E-state index in [0.717, 1.165) is 25.0 Å². The second kappa shape index (κ2) is 11.0. The topological polar surface area (TPSA) is 87.4 Å². The number of rotatable bonds is 4. The van der Waals surface area contributed by atoms with Crippen LogP contribution < -0.4 is 16.0 Å². The van der Waals surface area contributed by atoms with Gasteiger partial charge in [0.25, 0.3) is 0 Å². The second-order valence-corrected chi connectivity index (χ2v) is 8.67. The quantitative estimate of drug-likeness (QED) is 0.472. The Morgan fingerprint density at radius 3 is 2.54 bits per heavy atom. The van der Waals surface area contributed by atoms with Gasteiger partial charge in [0.05, 0.1) is 5.56 Å². The van der Waals surface area contributed by atoms with E-state index in [0.29, 0.717) is 32.5 Å². The van der Waals surface area contributed by atoms with Crippen molar-refractivity contribution in [2.75, 3.05) is 35.6 Å². The number of nitrogens with one attached hydrogen (secondary N) is 1. The summed E-state index contributed by atoms with van der Waals surface area (Å²) in [5.74, 6) is -1.03. The monoisotopic (exact) mass is 512 g/mol. The van der Waals surface area contributed by atoms with Crippen LogP contribution in [0.15, 0.2) is 24.5 Å². The van der Waals surface area contributed by atoms with Crippen LogP contribution >= 0.6 is 11.6 Å². The molecule has 0 saturated carbocycles. The van der Waals surface area contributed by atoms with E-state index < -0.39 is 23.6 Å². The standard InChI is InChI=1S/C21H23ClF4N6O.C2H2/c22-13-7-12(21(24,25)26)8-14(9-13)30-16-4-2-6-32(20(16)33)15-3-1-5-31(10-15)19-17(23)18(27)28-11-29-19;1-2/h7-9,11,15-16,30H,1-6,10H2,(H2,27,28,29);1-2H/t15-,16-;/m1./s1. The highest BCUT2D eigenvalue weighted by molar-refractivity contribution is 6.31. The number of carbonyl (C=O) groups excluding carboxylic acids is 1. The van der Waals surface area contributed by atoms with Crippen molar-refractivity contribution in [3.8, 4) is 12.8 Å². The molecule has 3 heterocycles. The number of anilines is 3. The van der Waals surface area contributed by atoms with Crippen molar-refractivity contribution in [2.45, 2.75) is 43.9 Å². The Balaban J connectivity index is 0.00000167. The van der Waals surface area contributed by atoms with E-state index in [1.165, 1.54) is 12.4 Å². The molecule has 2 aliphatic rings. The molecule has 3 N–H and O–H groups in total. The lowest BCUT2D eigenvalue weighted by Gasteiger charge is -2.43. The smallest absolute Gasteiger partial charge is 0.381 e. The highest BCUT2D eigenvalue weighted by Crippen LogP contribution is 2.34. The van der Waals surface area contributed by atoms with Gasteiger partial charge in [0.15, 0.2) is 11.6 Å². The predicted octanol–water partition coefficient (Wildman–Crippen LogP) is 4.19. The van der Waals surface area contributed by atoms with Gasteiger partial charge in [-0.2, -0.15) is 17.6 Å². The maximum absolute atomic E-state index is 14.4. The van der Waals surface area contributed by atoms with E-state index in [4.69, 9.17) is 17.3 Å². The van der Waals surface area contributed by atoms with E-state index in [2.05, 4.69) is 28.1 Å². The van der Waals surface area contributed by atoms with Gasteiger partial charge < -0.3 is 20.9 Å². The summed E-state index contributed by atoms with van der Waals surface area (Å²) in [6.07, 6.45) is 7.27. The number of carbonyl (C=O) groups is 1. The van der Waals surface area contributed by atoms with Gasteiger partial charge in [-0.1, -0.05) is 11.6 Å². The van der Waals surface area contributed by atoms with Crippen LogP contribution in [0.3, 0.4) is 0 Å². The minimum absolute atomic E-state index is 0.0680. The third-order valence-electron chi connectivity index (χ3n) is 5.97. The molecule has 1 aromatic carbocycles. The van der Waals surface area contributed by atoms with Crippen LogP contribution in [0.4, 0.5) is 34.9 Å². The molecule has 35 heavy (non-hydrogen) atoms. The average molecular weight is 513 g/mol. The number of aromatic nitrogens is 2. The number of hydrogen-bond donors (Lipinski definition) is 2. The molecule has 0 unspecified atom stereocenters. The van der Waals surface area contributed by atoms with Gasteiger partial charge in [-0.25, -0.2) is 9.97 Å². The first-order chi connectivity index (χ1) is 16.6. The minimum Gasteiger partial charge on any atom is -0.381 e. The average Bonchev–Trinajstić information content (AvgIpc) is 2.83. The first-order valence-electron chi connectivity index (χ1n) is 10.9. The molecule has 2 saturated heterocycles. The molecule has 188 valence electrons. The van der Waals surface area contributed by atoms with Crippen molar-refractivity contribution in [3.05, 3.63) is 40.9 Å². The van der Waals surface area contributed by atoms with Crippen molar-refractivity contribution in [3.63, 3.8) is 0 Å². The highest BCUT2D eigenvalue weighted by Gasteiger charge is 2.37. The number of nitrogens with two attached hydrogens (primary N) is 1. The molecule has 2 aromatic rings. The molecule has 0 aliphatic carbocycles. The van der Waals surface area contributed by atoms with E-state index in [9.17, 15) is 22.4 Å². The fourth-order valence-electron chi connectivity index (χ4n) is 4.43. The molecule has 2 atom stereocenters. The lowest BCUT2D eigenvalue weighted by atomic mass is 9.97. The Morgan fingerprint density at radius 2 is 1.83 bits per heavy atom. The van der Waals surface area contributed by atoms with Crippen LogP contribution in [0, 0.1) is 18.7 Å². The number of alkyl halides is 3. The summed E-state index contributed by atoms with van der Waals surface area (Å²) in [5, 5.41) is 2.86. The summed E-state index contributed by atoms with van der Waals surface area (Å²) in [5.41, 5.74) is 4.82. The zero-order valence-electron chi connectivity index (χ0n) is 18.7. The predicted molar refractivity (Wildman–Crippen MR) is 126 cm³/mol. The van der Waals surface area contributed by atoms with Gasteiger partial charge in [-0.05, 0) is 43.9 Å². The first-order valence-corrected chi connectivity index (χ1v) is 11.3. The summed E-state index contributed by atoms with van der Waals surface area (Å²) in [4.78, 5) is 24.4. The maximum atomic E-state index is 14.4. The third-order valence-corrected chi connectivity index (χ3v) is 6.19. The minimum atomic E-state index is -4.55. The van der Waals surface area contributed by atoms with Crippen molar-refractivity contribution in [1.82, 2.24) is 14.9 Å². The zero-order chi connectivity index (χ0) is 25.8. The Labute approximate surface area is 205 Å². The summed E-state index contributed by atoms with van der Waals surface area (Å²) < 4.78 is 53.8. The molecule has 12 heteroatoms. The molecular weight excluding hydrogens is 488 g/mol. The molecule has 0 radical (unpaired) electrons. The van der Waals surface area contributed by atoms with E-state index in [1.54, 1.807) is 9.80 Å². The molecule has 0 spiro atoms. The Bertz CT molecular complexity index is 1080. The lowest BCUT2D eigenvalue weighted by Crippen LogP contribution is -2.56. The molecule has 1 amide bonds. The molecule has 0 bridgehead atoms. The number of piperidine rings is 2. The van der Waals surface area contributed by atoms with Gasteiger partial charge in [0.1, 0.15) is 12.4 Å². The Kier molecular flexibility index (Phi) is 8.27. The normalized spacial score (nSPS) is 20.7. The SMILES string of the molecule is C#C.Nc1ncnc(N2CCC[C@@H](N3CCC[C@@H](Nc4cc(Cl)cc(C(F)(F)F)c4)C3=O)C2)c1F. The van der Waals surface area contributed by atoms with Crippen LogP contribution in [-0.4, -0.2) is 52.5 Å². The van der Waals surface area contributed by atoms with E-state index >= 15 is 0 Å². The highest BCUT2D eigenvalue weighted by atomic mass is 35.5. The number of hydrogen-bond acceptors (Lipinski definition) is 6. The van der Waals surface area contributed by atoms with Gasteiger partial charge in [-0.15, -0.1) is 12.8 Å². The first kappa shape index (κ1) is 26.3. The summed E-state index contributed by atoms with van der Waals surface area (Å²) in [7, 11) is 0. The molecule has 7 nitrogen and oxygen atoms in total. The van der Waals surface area contributed by atoms with Crippen molar-refractivity contribution in [1.29, 1.82) is 0 Å². The van der Waals surface area contributed by atoms with Crippen LogP contribution in [0.5, 0.6) is 0 Å². The fraction of sp³-hybridized carbons (Fsp3) is 0.435. The zero-order valence-corrected chi connectivity index (χ0v) is 19.5. The fourth-order valence-corrected chi connectivity index (χ4v) is 4.66. The molecule has 2 fully saturated rings. The maximum Gasteiger partial charge on any atom is 0.416 e. The van der Waals surface area contributed by atoms with Gasteiger partial charge in [0, 0.05) is 36.4 Å². The third kappa shape index (κ3) is 6.06. The largest absolute Gasteiger partial charge is 0.416 e. The van der Waals surface area contributed by atoms with Crippen LogP contribution in [-0.2, 0) is 11.0 Å². The van der Waals surface area contributed by atoms with Gasteiger partial charge >= 0.3 is 6.18 Å². The Hall–Kier alpha value is -3.26. The van der Waals surface area contributed by atoms with Crippen LogP contribution in [0.2, 0.25) is 5.02 Å². The summed E-state index contributed by atoms with van der Waals surface area (Å²) >= 11 is 5.87. The second-order valence-electron chi connectivity index (χ2n) is 8.24. The van der Waals surface area contributed by atoms with Crippen LogP contribution in [0.25, 0.3) is 0 Å². The van der Waals surface area contributed by atoms with Crippen molar-refractivity contribution in [2.24, 2.45) is 0 Å². The number of nitrogen functional groups attached to an aromatic ring is 1. The Morgan fingerprint density at radius 1 is 1.11 bits per heavy atom. The molecule has 2 aliphatic heterocycles. The van der Waals surface area contributed by atoms with Gasteiger partial charge in [-0.3, -0.25) is 4.79 Å². The van der Waals surface area contributed by atoms with Crippen molar-refractivity contribution < 1.29 is 22.4 Å². The summed E-state index contributed by atoms with van der Waals surface area (Å²) in [6.45, 7) is 1.46. The molecular formula is C23H25ClF4N6O. The number of nitrogens with zero attached hydrogens (tertiary/aromatic N) is 4. The van der Waals surface area contributed by atoms with E-state index in [1.807, 2.05) is 0 Å². The summed E-state index contributed by atoms with van der Waals surface area (Å²) in [6, 6.07) is 2.30. The number of amides is 1.